The lowest BCUT2D eigenvalue weighted by Gasteiger charge is -2.69. The molecule has 2 atom stereocenters. The zero-order chi connectivity index (χ0) is 42.1. The zero-order valence-corrected chi connectivity index (χ0v) is 35.3. The first-order valence-corrected chi connectivity index (χ1v) is 22.6. The lowest BCUT2D eigenvalue weighted by atomic mass is 9.39. The standard InChI is InChI=1S/C44H47N7O7S2/c1-27-32(19-47-51(27)26-43-21-41(2)20-42(3,22-43)24-44(23-41,25-43)58-15-13-45-14-16-60(55,56)57)29-11-12-33(48-37(29)39(53)54)28-17-31-30(7-6-9-34(31)46-18-28)38(52)50-40-49-35-8-4-5-10-36(35)59-40/h4-12,17-19,45H,13-16,20-26H2,1-3H3,(H,53,54)(H,49,50,52)(H,55,56,57). The van der Waals surface area contributed by atoms with E-state index in [4.69, 9.17) is 14.4 Å². The number of nitrogens with one attached hydrogen (secondary N) is 2. The van der Waals surface area contributed by atoms with Gasteiger partial charge in [0.25, 0.3) is 16.0 Å². The number of carbonyl (C=O) groups excluding carboxylic acids is 1. The van der Waals surface area contributed by atoms with Crippen LogP contribution in [0.25, 0.3) is 43.5 Å². The molecule has 4 fully saturated rings. The van der Waals surface area contributed by atoms with Crippen molar-refractivity contribution in [1.82, 2.24) is 30.0 Å². The molecule has 10 rings (SSSR count). The average Bonchev–Trinajstić information content (AvgIpc) is 3.75. The minimum absolute atomic E-state index is 0.0738. The van der Waals surface area contributed by atoms with E-state index in [2.05, 4.69) is 39.4 Å². The number of fused-ring (bicyclic) bond motifs is 2. The van der Waals surface area contributed by atoms with Gasteiger partial charge in [0.05, 0.1) is 45.6 Å². The zero-order valence-electron chi connectivity index (χ0n) is 33.7. The van der Waals surface area contributed by atoms with E-state index in [9.17, 15) is 23.1 Å². The van der Waals surface area contributed by atoms with Crippen LogP contribution in [0.5, 0.6) is 0 Å². The van der Waals surface area contributed by atoms with Crippen molar-refractivity contribution in [2.75, 3.05) is 30.8 Å². The van der Waals surface area contributed by atoms with Crippen molar-refractivity contribution in [3.63, 3.8) is 0 Å². The highest BCUT2D eigenvalue weighted by molar-refractivity contribution is 7.85. The number of amides is 1. The summed E-state index contributed by atoms with van der Waals surface area (Å²) in [6, 6.07) is 18.4. The minimum atomic E-state index is -4.02. The second-order valence-corrected chi connectivity index (χ2v) is 20.6. The fraction of sp³-hybridized carbons (Fsp3) is 0.409. The summed E-state index contributed by atoms with van der Waals surface area (Å²) in [5.74, 6) is -1.84. The predicted molar refractivity (Wildman–Crippen MR) is 230 cm³/mol. The van der Waals surface area contributed by atoms with Gasteiger partial charge in [-0.1, -0.05) is 43.4 Å². The van der Waals surface area contributed by atoms with E-state index in [1.165, 1.54) is 11.3 Å². The van der Waals surface area contributed by atoms with Crippen molar-refractivity contribution in [1.29, 1.82) is 0 Å². The molecule has 0 radical (unpaired) electrons. The van der Waals surface area contributed by atoms with E-state index in [1.54, 1.807) is 36.7 Å². The topological polar surface area (TPSA) is 199 Å². The van der Waals surface area contributed by atoms with Crippen LogP contribution in [0.15, 0.2) is 73.1 Å². The lowest BCUT2D eigenvalue weighted by molar-refractivity contribution is -0.247. The molecule has 4 aliphatic rings. The fourth-order valence-corrected chi connectivity index (χ4v) is 12.8. The Balaban J connectivity index is 0.959. The van der Waals surface area contributed by atoms with Crippen LogP contribution in [-0.2, 0) is 21.4 Å². The van der Waals surface area contributed by atoms with Gasteiger partial charge in [-0.25, -0.2) is 14.8 Å². The smallest absolute Gasteiger partial charge is 0.355 e. The first kappa shape index (κ1) is 40.3. The molecule has 4 aliphatic carbocycles. The molecule has 4 saturated carbocycles. The molecule has 4 N–H and O–H groups in total. The number of thiazole rings is 1. The highest BCUT2D eigenvalue weighted by atomic mass is 32.2. The molecular weight excluding hydrogens is 803 g/mol. The Labute approximate surface area is 351 Å². The number of benzene rings is 2. The lowest BCUT2D eigenvalue weighted by Crippen LogP contribution is -2.64. The maximum atomic E-state index is 13.6. The van der Waals surface area contributed by atoms with Crippen LogP contribution in [0.1, 0.15) is 78.9 Å². The number of carboxylic acid groups (broad SMARTS) is 1. The number of aromatic nitrogens is 5. The van der Waals surface area contributed by atoms with Crippen molar-refractivity contribution in [2.45, 2.75) is 71.4 Å². The average molecular weight is 850 g/mol. The molecule has 312 valence electrons. The van der Waals surface area contributed by atoms with Gasteiger partial charge in [-0.05, 0) is 104 Å². The quantitative estimate of drug-likeness (QED) is 0.0618. The van der Waals surface area contributed by atoms with Gasteiger partial charge in [0.2, 0.25) is 0 Å². The molecule has 4 heterocycles. The number of ether oxygens (including phenoxy) is 1. The van der Waals surface area contributed by atoms with Crippen molar-refractivity contribution in [3.8, 4) is 22.4 Å². The predicted octanol–water partition coefficient (Wildman–Crippen LogP) is 7.64. The van der Waals surface area contributed by atoms with Crippen molar-refractivity contribution < 1.29 is 32.4 Å². The van der Waals surface area contributed by atoms with E-state index >= 15 is 0 Å². The maximum Gasteiger partial charge on any atom is 0.355 e. The number of hydrogen-bond donors (Lipinski definition) is 4. The van der Waals surface area contributed by atoms with Gasteiger partial charge in [-0.15, -0.1) is 0 Å². The molecule has 0 spiro atoms. The van der Waals surface area contributed by atoms with Gasteiger partial charge in [0.1, 0.15) is 0 Å². The van der Waals surface area contributed by atoms with Gasteiger partial charge in [-0.2, -0.15) is 13.5 Å². The minimum Gasteiger partial charge on any atom is -0.476 e. The van der Waals surface area contributed by atoms with E-state index in [0.717, 1.165) is 54.4 Å². The molecule has 4 bridgehead atoms. The Bertz CT molecular complexity index is 2750. The summed E-state index contributed by atoms with van der Waals surface area (Å²) in [6.07, 6.45) is 9.42. The van der Waals surface area contributed by atoms with Crippen LogP contribution in [-0.4, -0.2) is 85.7 Å². The Morgan fingerprint density at radius 1 is 0.900 bits per heavy atom. The van der Waals surface area contributed by atoms with E-state index in [1.807, 2.05) is 48.0 Å². The third-order valence-corrected chi connectivity index (χ3v) is 14.3. The van der Waals surface area contributed by atoms with Gasteiger partial charge >= 0.3 is 5.97 Å². The van der Waals surface area contributed by atoms with E-state index in [-0.39, 0.29) is 45.7 Å². The molecule has 2 unspecified atom stereocenters. The molecule has 60 heavy (non-hydrogen) atoms. The molecule has 16 heteroatoms. The number of nitrogens with zero attached hydrogens (tertiary/aromatic N) is 5. The molecular formula is C44H47N7O7S2. The Kier molecular flexibility index (Phi) is 9.94. The first-order chi connectivity index (χ1) is 28.5. The molecule has 1 amide bonds. The van der Waals surface area contributed by atoms with Crippen LogP contribution >= 0.6 is 11.3 Å². The summed E-state index contributed by atoms with van der Waals surface area (Å²) in [7, 11) is -4.02. The highest BCUT2D eigenvalue weighted by Crippen LogP contribution is 2.72. The number of anilines is 1. The van der Waals surface area contributed by atoms with Gasteiger partial charge in [-0.3, -0.25) is 24.3 Å². The Morgan fingerprint density at radius 3 is 2.42 bits per heavy atom. The molecule has 4 aromatic heterocycles. The molecule has 14 nitrogen and oxygen atoms in total. The van der Waals surface area contributed by atoms with E-state index in [0.29, 0.717) is 63.7 Å². The third kappa shape index (κ3) is 7.82. The Morgan fingerprint density at radius 2 is 1.67 bits per heavy atom. The Hall–Kier alpha value is -5.13. The summed E-state index contributed by atoms with van der Waals surface area (Å²) in [5, 5.41) is 22.5. The number of carboxylic acids is 1. The SMILES string of the molecule is Cc1c(-c2ccc(-c3cnc4cccc(C(=O)Nc5nc6ccccc6s5)c4c3)nc2C(=O)O)cnn1CC12CC3(C)CC(C)(C1)CC(OCCNCCS(=O)(=O)O)(C3)C2. The highest BCUT2D eigenvalue weighted by Gasteiger charge is 2.66. The molecule has 2 aromatic carbocycles. The molecule has 0 aliphatic heterocycles. The van der Waals surface area contributed by atoms with Crippen molar-refractivity contribution in [3.05, 3.63) is 90.0 Å². The largest absolute Gasteiger partial charge is 0.476 e. The number of rotatable bonds is 14. The monoisotopic (exact) mass is 849 g/mol. The van der Waals surface area contributed by atoms with Crippen molar-refractivity contribution >= 4 is 59.6 Å². The fourth-order valence-electron chi connectivity index (χ4n) is 11.6. The summed E-state index contributed by atoms with van der Waals surface area (Å²) >= 11 is 1.39. The number of para-hydroxylation sites is 1. The molecule has 0 saturated heterocycles. The van der Waals surface area contributed by atoms with Crippen LogP contribution in [0.4, 0.5) is 5.13 Å². The molecule has 6 aromatic rings. The summed E-state index contributed by atoms with van der Waals surface area (Å²) < 4.78 is 41.0. The van der Waals surface area contributed by atoms with E-state index < -0.39 is 16.1 Å². The summed E-state index contributed by atoms with van der Waals surface area (Å²) in [5.41, 5.74) is 4.52. The van der Waals surface area contributed by atoms with Gasteiger partial charge in [0.15, 0.2) is 10.8 Å². The maximum absolute atomic E-state index is 13.6. The van der Waals surface area contributed by atoms with Crippen LogP contribution in [0, 0.1) is 23.2 Å². The normalized spacial score (nSPS) is 24.7. The number of pyridine rings is 2. The summed E-state index contributed by atoms with van der Waals surface area (Å²) in [6.45, 7) is 8.48. The number of aromatic carboxylic acids is 1. The second kappa shape index (κ2) is 14.8. The second-order valence-electron chi connectivity index (χ2n) is 18.0. The van der Waals surface area contributed by atoms with Crippen LogP contribution < -0.4 is 10.6 Å². The number of carbonyl (C=O) groups is 2. The van der Waals surface area contributed by atoms with Gasteiger partial charge < -0.3 is 15.2 Å². The van der Waals surface area contributed by atoms with Crippen LogP contribution in [0.3, 0.4) is 0 Å². The van der Waals surface area contributed by atoms with Crippen LogP contribution in [0.2, 0.25) is 0 Å². The summed E-state index contributed by atoms with van der Waals surface area (Å²) in [4.78, 5) is 40.3. The third-order valence-electron chi connectivity index (χ3n) is 12.6. The number of hydrogen-bond acceptors (Lipinski definition) is 11. The van der Waals surface area contributed by atoms with Gasteiger partial charge in [0, 0.05) is 59.2 Å². The first-order valence-electron chi connectivity index (χ1n) is 20.2. The van der Waals surface area contributed by atoms with Crippen molar-refractivity contribution in [2.24, 2.45) is 16.2 Å².